The summed E-state index contributed by atoms with van der Waals surface area (Å²) in [6, 6.07) is 9.66. The number of nitrogens with one attached hydrogen (secondary N) is 2. The zero-order valence-corrected chi connectivity index (χ0v) is 20.6. The molecule has 1 aliphatic heterocycles. The fourth-order valence-corrected chi connectivity index (χ4v) is 4.90. The van der Waals surface area contributed by atoms with Crippen LogP contribution in [0.5, 0.6) is 0 Å². The van der Waals surface area contributed by atoms with Crippen LogP contribution in [0.1, 0.15) is 29.5 Å². The van der Waals surface area contributed by atoms with Crippen molar-refractivity contribution < 1.29 is 9.18 Å². The maximum absolute atomic E-state index is 14.1. The van der Waals surface area contributed by atoms with Crippen molar-refractivity contribution in [3.63, 3.8) is 0 Å². The van der Waals surface area contributed by atoms with Gasteiger partial charge in [0.2, 0.25) is 5.91 Å². The van der Waals surface area contributed by atoms with E-state index in [0.29, 0.717) is 30.9 Å². The number of pyridine rings is 1. The van der Waals surface area contributed by atoms with Crippen molar-refractivity contribution in [1.29, 1.82) is 0 Å². The van der Waals surface area contributed by atoms with E-state index in [2.05, 4.69) is 25.7 Å². The molecule has 1 atom stereocenters. The minimum Gasteiger partial charge on any atom is -0.375 e. The van der Waals surface area contributed by atoms with E-state index in [9.17, 15) is 14.0 Å². The largest absolute Gasteiger partial charge is 0.375 e. The predicted octanol–water partition coefficient (Wildman–Crippen LogP) is 2.87. The first kappa shape index (κ1) is 23.6. The normalized spacial score (nSPS) is 14.5. The molecule has 1 aliphatic rings. The number of para-hydroxylation sites is 1. The maximum Gasteiger partial charge on any atom is 0.277 e. The first-order valence-electron chi connectivity index (χ1n) is 12.3. The SMILES string of the molecule is Cn1c(CNC(=O)[C@@H]2CCc3ncc(NCc4cnn(-c5ccccc5F)c4)c(=O)n32)cc2cnccc21. The van der Waals surface area contributed by atoms with Crippen LogP contribution in [-0.4, -0.2) is 34.8 Å². The lowest BCUT2D eigenvalue weighted by molar-refractivity contribution is -0.124. The Morgan fingerprint density at radius 2 is 2.03 bits per heavy atom. The molecular formula is C27H25FN8O2. The predicted molar refractivity (Wildman–Crippen MR) is 139 cm³/mol. The van der Waals surface area contributed by atoms with Crippen LogP contribution in [-0.2, 0) is 31.4 Å². The van der Waals surface area contributed by atoms with Crippen molar-refractivity contribution in [3.05, 3.63) is 101 Å². The third kappa shape index (κ3) is 4.21. The third-order valence-electron chi connectivity index (χ3n) is 6.93. The van der Waals surface area contributed by atoms with Crippen LogP contribution in [0.2, 0.25) is 0 Å². The lowest BCUT2D eigenvalue weighted by atomic mass is 10.2. The fraction of sp³-hybridized carbons (Fsp3) is 0.222. The van der Waals surface area contributed by atoms with E-state index in [1.165, 1.54) is 21.5 Å². The average Bonchev–Trinajstić information content (AvgIpc) is 3.65. The first-order chi connectivity index (χ1) is 18.5. The van der Waals surface area contributed by atoms with Gasteiger partial charge in [-0.2, -0.15) is 5.10 Å². The van der Waals surface area contributed by atoms with E-state index in [1.54, 1.807) is 43.0 Å². The molecule has 38 heavy (non-hydrogen) atoms. The molecule has 1 amide bonds. The van der Waals surface area contributed by atoms with Gasteiger partial charge in [0.1, 0.15) is 29.1 Å². The summed E-state index contributed by atoms with van der Waals surface area (Å²) in [4.78, 5) is 35.0. The molecule has 5 heterocycles. The summed E-state index contributed by atoms with van der Waals surface area (Å²) in [5.74, 6) is -0.0130. The second-order valence-electron chi connectivity index (χ2n) is 9.26. The number of hydrogen-bond donors (Lipinski definition) is 2. The standard InChI is InChI=1S/C27H25FN8O2/c1-34-19(10-18-13-29-9-8-22(18)34)14-32-26(37)24-6-7-25-31-15-21(27(38)36(24)25)30-11-17-12-33-35(16-17)23-5-3-2-4-20(23)28/h2-5,8-10,12-13,15-16,24,30H,6-7,11,14H2,1H3,(H,32,37)/t24-/m0/s1. The number of halogens is 1. The highest BCUT2D eigenvalue weighted by Crippen LogP contribution is 2.24. The van der Waals surface area contributed by atoms with Crippen LogP contribution in [0.4, 0.5) is 10.1 Å². The topological polar surface area (TPSA) is 112 Å². The van der Waals surface area contributed by atoms with E-state index in [-0.39, 0.29) is 29.5 Å². The van der Waals surface area contributed by atoms with Crippen LogP contribution in [0.15, 0.2) is 72.2 Å². The number of aromatic nitrogens is 6. The lowest BCUT2D eigenvalue weighted by Gasteiger charge is -2.16. The van der Waals surface area contributed by atoms with Gasteiger partial charge in [0.15, 0.2) is 0 Å². The Morgan fingerprint density at radius 3 is 2.87 bits per heavy atom. The average molecular weight is 513 g/mol. The van der Waals surface area contributed by atoms with Crippen molar-refractivity contribution in [2.45, 2.75) is 32.0 Å². The molecule has 4 aromatic heterocycles. The summed E-state index contributed by atoms with van der Waals surface area (Å²) in [7, 11) is 1.95. The summed E-state index contributed by atoms with van der Waals surface area (Å²) in [5, 5.41) is 11.3. The van der Waals surface area contributed by atoms with E-state index in [0.717, 1.165) is 22.2 Å². The summed E-state index contributed by atoms with van der Waals surface area (Å²) in [5.41, 5.74) is 3.06. The van der Waals surface area contributed by atoms with Crippen molar-refractivity contribution in [2.24, 2.45) is 7.05 Å². The van der Waals surface area contributed by atoms with Gasteiger partial charge in [-0.3, -0.25) is 19.1 Å². The minimum atomic E-state index is -0.632. The molecule has 0 radical (unpaired) electrons. The first-order valence-corrected chi connectivity index (χ1v) is 12.3. The van der Waals surface area contributed by atoms with Crippen molar-refractivity contribution in [1.82, 2.24) is 34.2 Å². The van der Waals surface area contributed by atoms with Crippen molar-refractivity contribution in [3.8, 4) is 5.69 Å². The number of nitrogens with zero attached hydrogens (tertiary/aromatic N) is 6. The van der Waals surface area contributed by atoms with Gasteiger partial charge in [0.25, 0.3) is 5.56 Å². The Balaban J connectivity index is 1.15. The zero-order chi connectivity index (χ0) is 26.2. The van der Waals surface area contributed by atoms with E-state index in [1.807, 2.05) is 23.7 Å². The Hall–Kier alpha value is -4.80. The molecule has 0 saturated heterocycles. The van der Waals surface area contributed by atoms with E-state index in [4.69, 9.17) is 0 Å². The molecule has 0 fully saturated rings. The number of rotatable bonds is 7. The van der Waals surface area contributed by atoms with Crippen LogP contribution < -0.4 is 16.2 Å². The fourth-order valence-electron chi connectivity index (χ4n) is 4.90. The van der Waals surface area contributed by atoms with Gasteiger partial charge in [-0.1, -0.05) is 12.1 Å². The van der Waals surface area contributed by atoms with Gasteiger partial charge < -0.3 is 15.2 Å². The Morgan fingerprint density at radius 1 is 1.16 bits per heavy atom. The second-order valence-corrected chi connectivity index (χ2v) is 9.26. The lowest BCUT2D eigenvalue weighted by Crippen LogP contribution is -2.36. The molecular weight excluding hydrogens is 487 g/mol. The number of amides is 1. The van der Waals surface area contributed by atoms with E-state index >= 15 is 0 Å². The zero-order valence-electron chi connectivity index (χ0n) is 20.6. The molecule has 0 bridgehead atoms. The Kier molecular flexibility index (Phi) is 5.95. The molecule has 10 nitrogen and oxygen atoms in total. The minimum absolute atomic E-state index is 0.223. The van der Waals surface area contributed by atoms with Gasteiger partial charge in [0.05, 0.1) is 24.5 Å². The highest BCUT2D eigenvalue weighted by molar-refractivity contribution is 5.82. The van der Waals surface area contributed by atoms with Crippen LogP contribution in [0.3, 0.4) is 0 Å². The van der Waals surface area contributed by atoms with Crippen LogP contribution >= 0.6 is 0 Å². The Labute approximate surface area is 216 Å². The summed E-state index contributed by atoms with van der Waals surface area (Å²) >= 11 is 0. The van der Waals surface area contributed by atoms with Crippen LogP contribution in [0.25, 0.3) is 16.6 Å². The molecule has 0 aliphatic carbocycles. The van der Waals surface area contributed by atoms with Crippen molar-refractivity contribution >= 4 is 22.5 Å². The molecule has 2 N–H and O–H groups in total. The summed E-state index contributed by atoms with van der Waals surface area (Å²) in [6.07, 6.45) is 9.38. The van der Waals surface area contributed by atoms with Gasteiger partial charge in [-0.05, 0) is 30.7 Å². The molecule has 1 aromatic carbocycles. The van der Waals surface area contributed by atoms with Gasteiger partial charge in [-0.15, -0.1) is 0 Å². The third-order valence-corrected chi connectivity index (χ3v) is 6.93. The molecule has 0 unspecified atom stereocenters. The van der Waals surface area contributed by atoms with Crippen LogP contribution in [0, 0.1) is 5.82 Å². The number of benzene rings is 1. The second kappa shape index (κ2) is 9.58. The number of aryl methyl sites for hydroxylation is 2. The quantitative estimate of drug-likeness (QED) is 0.347. The van der Waals surface area contributed by atoms with Gasteiger partial charge >= 0.3 is 0 Å². The molecule has 0 saturated carbocycles. The molecule has 5 aromatic rings. The molecule has 11 heteroatoms. The number of hydrogen-bond acceptors (Lipinski definition) is 6. The van der Waals surface area contributed by atoms with E-state index < -0.39 is 6.04 Å². The Bertz CT molecular complexity index is 1720. The molecule has 6 rings (SSSR count). The maximum atomic E-state index is 14.1. The highest BCUT2D eigenvalue weighted by Gasteiger charge is 2.31. The highest BCUT2D eigenvalue weighted by atomic mass is 19.1. The number of fused-ring (bicyclic) bond motifs is 2. The number of carbonyl (C=O) groups excluding carboxylic acids is 1. The summed E-state index contributed by atoms with van der Waals surface area (Å²) < 4.78 is 19.0. The van der Waals surface area contributed by atoms with Crippen molar-refractivity contribution in [2.75, 3.05) is 5.32 Å². The number of carbonyl (C=O) groups is 1. The molecule has 0 spiro atoms. The smallest absolute Gasteiger partial charge is 0.277 e. The number of anilines is 1. The van der Waals surface area contributed by atoms with Gasteiger partial charge in [0, 0.05) is 55.2 Å². The van der Waals surface area contributed by atoms with Gasteiger partial charge in [-0.25, -0.2) is 14.1 Å². The monoisotopic (exact) mass is 512 g/mol. The molecule has 192 valence electrons. The summed E-state index contributed by atoms with van der Waals surface area (Å²) in [6.45, 7) is 0.624.